The summed E-state index contributed by atoms with van der Waals surface area (Å²) in [5.74, 6) is 0.220. The van der Waals surface area contributed by atoms with Gasteiger partial charge in [0.25, 0.3) is 0 Å². The predicted molar refractivity (Wildman–Crippen MR) is 81.7 cm³/mol. The van der Waals surface area contributed by atoms with E-state index in [1.165, 1.54) is 6.42 Å². The molecule has 2 aliphatic rings. The lowest BCUT2D eigenvalue weighted by atomic mass is 9.81. The lowest BCUT2D eigenvalue weighted by Gasteiger charge is -2.41. The molecule has 0 radical (unpaired) electrons. The molecule has 1 saturated heterocycles. The summed E-state index contributed by atoms with van der Waals surface area (Å²) < 4.78 is 0. The second-order valence-electron chi connectivity index (χ2n) is 6.57. The fourth-order valence-corrected chi connectivity index (χ4v) is 3.15. The van der Waals surface area contributed by atoms with E-state index in [1.807, 2.05) is 4.90 Å². The van der Waals surface area contributed by atoms with Crippen molar-refractivity contribution in [1.29, 1.82) is 0 Å². The Balaban J connectivity index is 1.83. The molecule has 21 heavy (non-hydrogen) atoms. The van der Waals surface area contributed by atoms with Gasteiger partial charge >= 0.3 is 0 Å². The quantitative estimate of drug-likeness (QED) is 0.788. The number of nitrogens with zero attached hydrogens (tertiary/aromatic N) is 3. The summed E-state index contributed by atoms with van der Waals surface area (Å²) in [7, 11) is 3.53. The van der Waals surface area contributed by atoms with Crippen molar-refractivity contribution in [3.8, 4) is 0 Å². The van der Waals surface area contributed by atoms with Gasteiger partial charge in [-0.15, -0.1) is 0 Å². The molecule has 2 fully saturated rings. The molecule has 6 heteroatoms. The summed E-state index contributed by atoms with van der Waals surface area (Å²) >= 11 is 0. The molecule has 0 bridgehead atoms. The number of nitrogens with two attached hydrogens (primary N) is 1. The van der Waals surface area contributed by atoms with Crippen LogP contribution in [0.5, 0.6) is 0 Å². The van der Waals surface area contributed by atoms with Crippen LogP contribution in [0.4, 0.5) is 0 Å². The number of carbonyl (C=O) groups excluding carboxylic acids is 2. The maximum Gasteiger partial charge on any atom is 0.242 e. The minimum absolute atomic E-state index is 0.109. The van der Waals surface area contributed by atoms with E-state index in [2.05, 4.69) is 4.90 Å². The maximum absolute atomic E-state index is 12.6. The number of piperazine rings is 1. The van der Waals surface area contributed by atoms with Gasteiger partial charge in [-0.25, -0.2) is 0 Å². The highest BCUT2D eigenvalue weighted by molar-refractivity contribution is 5.86. The Morgan fingerprint density at radius 3 is 2.14 bits per heavy atom. The number of carbonyl (C=O) groups is 2. The molecule has 0 aromatic rings. The Hall–Kier alpha value is -1.14. The van der Waals surface area contributed by atoms with E-state index in [0.717, 1.165) is 38.8 Å². The zero-order valence-corrected chi connectivity index (χ0v) is 13.3. The van der Waals surface area contributed by atoms with Crippen LogP contribution in [0.25, 0.3) is 0 Å². The van der Waals surface area contributed by atoms with Crippen LogP contribution < -0.4 is 5.73 Å². The van der Waals surface area contributed by atoms with E-state index in [-0.39, 0.29) is 11.8 Å². The minimum Gasteiger partial charge on any atom is -0.348 e. The smallest absolute Gasteiger partial charge is 0.242 e. The van der Waals surface area contributed by atoms with Gasteiger partial charge in [-0.1, -0.05) is 19.3 Å². The van der Waals surface area contributed by atoms with Gasteiger partial charge in [-0.2, -0.15) is 0 Å². The Morgan fingerprint density at radius 2 is 1.62 bits per heavy atom. The van der Waals surface area contributed by atoms with Crippen LogP contribution in [0, 0.1) is 0 Å². The van der Waals surface area contributed by atoms with Crippen molar-refractivity contribution in [3.05, 3.63) is 0 Å². The van der Waals surface area contributed by atoms with Crippen molar-refractivity contribution in [1.82, 2.24) is 14.7 Å². The molecule has 0 aromatic carbocycles. The zero-order valence-electron chi connectivity index (χ0n) is 13.3. The SMILES string of the molecule is CN(C)C(=O)CN1CCN(C(=O)C2(N)CCCCC2)CC1. The van der Waals surface area contributed by atoms with E-state index in [4.69, 9.17) is 5.73 Å². The van der Waals surface area contributed by atoms with Crippen molar-refractivity contribution in [3.63, 3.8) is 0 Å². The highest BCUT2D eigenvalue weighted by Gasteiger charge is 2.39. The van der Waals surface area contributed by atoms with Crippen LogP contribution in [0.2, 0.25) is 0 Å². The molecule has 0 spiro atoms. The lowest BCUT2D eigenvalue weighted by molar-refractivity contribution is -0.140. The molecule has 1 saturated carbocycles. The maximum atomic E-state index is 12.6. The third-order valence-electron chi connectivity index (χ3n) is 4.69. The van der Waals surface area contributed by atoms with E-state index in [0.29, 0.717) is 19.6 Å². The molecule has 120 valence electrons. The van der Waals surface area contributed by atoms with Gasteiger partial charge in [0, 0.05) is 40.3 Å². The summed E-state index contributed by atoms with van der Waals surface area (Å²) in [4.78, 5) is 29.9. The van der Waals surface area contributed by atoms with Crippen LogP contribution in [0.1, 0.15) is 32.1 Å². The summed E-state index contributed by atoms with van der Waals surface area (Å²) in [6.07, 6.45) is 4.92. The molecular formula is C15H28N4O2. The van der Waals surface area contributed by atoms with Crippen LogP contribution in [-0.4, -0.2) is 78.9 Å². The van der Waals surface area contributed by atoms with Gasteiger partial charge < -0.3 is 15.5 Å². The molecule has 0 unspecified atom stereocenters. The van der Waals surface area contributed by atoms with Gasteiger partial charge in [0.05, 0.1) is 12.1 Å². The Kier molecular flexibility index (Phi) is 5.22. The number of hydrogen-bond donors (Lipinski definition) is 1. The Labute approximate surface area is 127 Å². The number of amides is 2. The largest absolute Gasteiger partial charge is 0.348 e. The summed E-state index contributed by atoms with van der Waals surface area (Å²) in [6.45, 7) is 3.29. The standard InChI is InChI=1S/C15H28N4O2/c1-17(2)13(20)12-18-8-10-19(11-9-18)14(21)15(16)6-4-3-5-7-15/h3-12,16H2,1-2H3. The normalized spacial score (nSPS) is 22.9. The third-order valence-corrected chi connectivity index (χ3v) is 4.69. The first-order chi connectivity index (χ1) is 9.92. The molecule has 6 nitrogen and oxygen atoms in total. The molecule has 1 aliphatic carbocycles. The highest BCUT2D eigenvalue weighted by Crippen LogP contribution is 2.28. The van der Waals surface area contributed by atoms with E-state index < -0.39 is 5.54 Å². The predicted octanol–water partition coefficient (Wildman–Crippen LogP) is -0.120. The van der Waals surface area contributed by atoms with Gasteiger partial charge in [0.15, 0.2) is 0 Å². The van der Waals surface area contributed by atoms with Crippen molar-refractivity contribution in [2.45, 2.75) is 37.6 Å². The lowest BCUT2D eigenvalue weighted by Crippen LogP contribution is -2.60. The first-order valence-corrected chi connectivity index (χ1v) is 7.93. The first kappa shape index (κ1) is 16.2. The topological polar surface area (TPSA) is 69.9 Å². The molecule has 1 aliphatic heterocycles. The van der Waals surface area contributed by atoms with Crippen molar-refractivity contribution < 1.29 is 9.59 Å². The number of rotatable bonds is 3. The molecular weight excluding hydrogens is 268 g/mol. The fraction of sp³-hybridized carbons (Fsp3) is 0.867. The van der Waals surface area contributed by atoms with Crippen LogP contribution >= 0.6 is 0 Å². The van der Waals surface area contributed by atoms with Gasteiger partial charge in [0.1, 0.15) is 0 Å². The Bertz CT molecular complexity index is 383. The number of likely N-dealkylation sites (N-methyl/N-ethyl adjacent to an activating group) is 1. The van der Waals surface area contributed by atoms with Gasteiger partial charge in [-0.05, 0) is 12.8 Å². The fourth-order valence-electron chi connectivity index (χ4n) is 3.15. The number of hydrogen-bond acceptors (Lipinski definition) is 4. The molecule has 2 amide bonds. The summed E-state index contributed by atoms with van der Waals surface area (Å²) in [5, 5.41) is 0. The van der Waals surface area contributed by atoms with Crippen LogP contribution in [0.15, 0.2) is 0 Å². The molecule has 0 atom stereocenters. The van der Waals surface area contributed by atoms with Gasteiger partial charge in [-0.3, -0.25) is 14.5 Å². The van der Waals surface area contributed by atoms with E-state index >= 15 is 0 Å². The van der Waals surface area contributed by atoms with Crippen molar-refractivity contribution in [2.24, 2.45) is 5.73 Å². The first-order valence-electron chi connectivity index (χ1n) is 7.93. The average Bonchev–Trinajstić information content (AvgIpc) is 2.48. The van der Waals surface area contributed by atoms with Gasteiger partial charge in [0.2, 0.25) is 11.8 Å². The zero-order chi connectivity index (χ0) is 15.5. The highest BCUT2D eigenvalue weighted by atomic mass is 16.2. The monoisotopic (exact) mass is 296 g/mol. The second kappa shape index (κ2) is 6.75. The molecule has 1 heterocycles. The van der Waals surface area contributed by atoms with Crippen molar-refractivity contribution in [2.75, 3.05) is 46.8 Å². The second-order valence-corrected chi connectivity index (χ2v) is 6.57. The summed E-state index contributed by atoms with van der Waals surface area (Å²) in [6, 6.07) is 0. The average molecular weight is 296 g/mol. The van der Waals surface area contributed by atoms with Crippen molar-refractivity contribution >= 4 is 11.8 Å². The van der Waals surface area contributed by atoms with Crippen LogP contribution in [-0.2, 0) is 9.59 Å². The van der Waals surface area contributed by atoms with E-state index in [1.54, 1.807) is 19.0 Å². The summed E-state index contributed by atoms with van der Waals surface area (Å²) in [5.41, 5.74) is 5.68. The van der Waals surface area contributed by atoms with Crippen LogP contribution in [0.3, 0.4) is 0 Å². The Morgan fingerprint density at radius 1 is 1.05 bits per heavy atom. The molecule has 0 aromatic heterocycles. The molecule has 2 rings (SSSR count). The molecule has 2 N–H and O–H groups in total. The minimum atomic E-state index is -0.639. The third kappa shape index (κ3) is 3.95. The van der Waals surface area contributed by atoms with E-state index in [9.17, 15) is 9.59 Å².